The van der Waals surface area contributed by atoms with E-state index in [2.05, 4.69) is 9.89 Å². The van der Waals surface area contributed by atoms with Crippen molar-refractivity contribution in [3.63, 3.8) is 0 Å². The lowest BCUT2D eigenvalue weighted by Gasteiger charge is -2.08. The molecule has 2 aliphatic heterocycles. The highest BCUT2D eigenvalue weighted by atomic mass is 16.4. The summed E-state index contributed by atoms with van der Waals surface area (Å²) in [5, 5.41) is 15.6. The molecule has 0 aliphatic carbocycles. The minimum Gasteiger partial charge on any atom is -0.478 e. The quantitative estimate of drug-likeness (QED) is 0.657. The van der Waals surface area contributed by atoms with Gasteiger partial charge in [0.25, 0.3) is 0 Å². The molecular formula is C10H14N2O4. The number of aliphatic carboxylic acids is 2. The highest BCUT2D eigenvalue weighted by Crippen LogP contribution is 2.14. The summed E-state index contributed by atoms with van der Waals surface area (Å²) in [6.45, 7) is 3.50. The van der Waals surface area contributed by atoms with E-state index in [1.165, 1.54) is 31.8 Å². The van der Waals surface area contributed by atoms with Crippen LogP contribution in [-0.2, 0) is 9.59 Å². The summed E-state index contributed by atoms with van der Waals surface area (Å²) in [5.74, 6) is -1.15. The summed E-state index contributed by atoms with van der Waals surface area (Å²) in [6.07, 6.45) is 3.68. The third-order valence-electron chi connectivity index (χ3n) is 2.23. The van der Waals surface area contributed by atoms with E-state index in [0.29, 0.717) is 12.2 Å². The molecule has 2 aliphatic rings. The van der Waals surface area contributed by atoms with Gasteiger partial charge >= 0.3 is 11.9 Å². The second-order valence-corrected chi connectivity index (χ2v) is 3.40. The molecule has 2 rings (SSSR count). The highest BCUT2D eigenvalue weighted by molar-refractivity contribution is 5.89. The van der Waals surface area contributed by atoms with Crippen LogP contribution in [0.1, 0.15) is 12.8 Å². The molecule has 0 aromatic heterocycles. The van der Waals surface area contributed by atoms with Crippen LogP contribution in [0, 0.1) is 0 Å². The van der Waals surface area contributed by atoms with Crippen LogP contribution >= 0.6 is 0 Å². The Morgan fingerprint density at radius 3 is 2.31 bits per heavy atom. The van der Waals surface area contributed by atoms with Crippen LogP contribution in [0.2, 0.25) is 0 Å². The van der Waals surface area contributed by atoms with Gasteiger partial charge in [-0.25, -0.2) is 9.59 Å². The Morgan fingerprint density at radius 2 is 1.81 bits per heavy atom. The smallest absolute Gasteiger partial charge is 0.328 e. The SMILES string of the molecule is C1CC2=NCCN2C1.O=C(O)/C=C/C(=O)O. The van der Waals surface area contributed by atoms with Crippen molar-refractivity contribution in [3.05, 3.63) is 12.2 Å². The summed E-state index contributed by atoms with van der Waals surface area (Å²) in [5.41, 5.74) is 0. The normalized spacial score (nSPS) is 17.8. The molecule has 0 bridgehead atoms. The van der Waals surface area contributed by atoms with Crippen LogP contribution in [0.25, 0.3) is 0 Å². The number of amidine groups is 1. The number of carboxylic acids is 2. The van der Waals surface area contributed by atoms with E-state index in [1.807, 2.05) is 0 Å². The molecule has 16 heavy (non-hydrogen) atoms. The molecule has 2 N–H and O–H groups in total. The molecule has 88 valence electrons. The molecule has 0 saturated carbocycles. The van der Waals surface area contributed by atoms with Gasteiger partial charge in [0.15, 0.2) is 0 Å². The van der Waals surface area contributed by atoms with Crippen molar-refractivity contribution >= 4 is 17.8 Å². The van der Waals surface area contributed by atoms with Gasteiger partial charge in [0.2, 0.25) is 0 Å². The number of carboxylic acid groups (broad SMARTS) is 2. The predicted octanol–water partition coefficient (Wildman–Crippen LogP) is 0.206. The van der Waals surface area contributed by atoms with Crippen molar-refractivity contribution in [2.45, 2.75) is 12.8 Å². The molecule has 2 heterocycles. The lowest BCUT2D eigenvalue weighted by atomic mass is 10.4. The standard InChI is InChI=1S/C6H10N2.C4H4O4/c1-2-6-7-3-5-8(6)4-1;5-3(6)1-2-4(7)8/h1-5H2;1-2H,(H,5,6)(H,7,8)/b;2-1+. The molecule has 0 unspecified atom stereocenters. The number of hydrogen-bond acceptors (Lipinski definition) is 4. The molecule has 0 aromatic carbocycles. The fourth-order valence-electron chi connectivity index (χ4n) is 1.58. The van der Waals surface area contributed by atoms with Crippen LogP contribution < -0.4 is 0 Å². The number of nitrogens with zero attached hydrogens (tertiary/aromatic N) is 2. The minimum atomic E-state index is -1.26. The van der Waals surface area contributed by atoms with Gasteiger partial charge in [-0.05, 0) is 6.42 Å². The Hall–Kier alpha value is -1.85. The summed E-state index contributed by atoms with van der Waals surface area (Å²) >= 11 is 0. The number of carbonyl (C=O) groups is 2. The number of hydrogen-bond donors (Lipinski definition) is 2. The van der Waals surface area contributed by atoms with E-state index in [-0.39, 0.29) is 0 Å². The second-order valence-electron chi connectivity index (χ2n) is 3.40. The first-order valence-electron chi connectivity index (χ1n) is 5.02. The molecule has 0 spiro atoms. The number of fused-ring (bicyclic) bond motifs is 1. The van der Waals surface area contributed by atoms with E-state index in [1.54, 1.807) is 0 Å². The fraction of sp³-hybridized carbons (Fsp3) is 0.500. The van der Waals surface area contributed by atoms with Gasteiger partial charge in [0.1, 0.15) is 0 Å². The van der Waals surface area contributed by atoms with E-state index in [9.17, 15) is 9.59 Å². The Bertz CT molecular complexity index is 320. The van der Waals surface area contributed by atoms with Crippen molar-refractivity contribution < 1.29 is 19.8 Å². The number of aliphatic imine (C=N–C) groups is 1. The second kappa shape index (κ2) is 5.89. The van der Waals surface area contributed by atoms with E-state index < -0.39 is 11.9 Å². The zero-order valence-electron chi connectivity index (χ0n) is 8.80. The number of rotatable bonds is 2. The van der Waals surface area contributed by atoms with Gasteiger partial charge in [0.05, 0.1) is 12.4 Å². The summed E-state index contributed by atoms with van der Waals surface area (Å²) in [7, 11) is 0. The Kier molecular flexibility index (Phi) is 4.50. The van der Waals surface area contributed by atoms with Crippen molar-refractivity contribution in [3.8, 4) is 0 Å². The average molecular weight is 226 g/mol. The first-order valence-corrected chi connectivity index (χ1v) is 5.02. The fourth-order valence-corrected chi connectivity index (χ4v) is 1.58. The molecule has 0 atom stereocenters. The van der Waals surface area contributed by atoms with Crippen molar-refractivity contribution in [2.75, 3.05) is 19.6 Å². The van der Waals surface area contributed by atoms with Gasteiger partial charge in [-0.3, -0.25) is 4.99 Å². The molecule has 0 radical (unpaired) electrons. The van der Waals surface area contributed by atoms with Gasteiger partial charge < -0.3 is 15.1 Å². The molecule has 1 saturated heterocycles. The molecule has 1 fully saturated rings. The average Bonchev–Trinajstić information content (AvgIpc) is 2.76. The van der Waals surface area contributed by atoms with E-state index >= 15 is 0 Å². The van der Waals surface area contributed by atoms with Crippen molar-refractivity contribution in [2.24, 2.45) is 4.99 Å². The van der Waals surface area contributed by atoms with Crippen LogP contribution in [0.3, 0.4) is 0 Å². The van der Waals surface area contributed by atoms with Crippen LogP contribution in [-0.4, -0.2) is 52.5 Å². The molecule has 6 nitrogen and oxygen atoms in total. The topological polar surface area (TPSA) is 90.2 Å². The third-order valence-corrected chi connectivity index (χ3v) is 2.23. The highest BCUT2D eigenvalue weighted by Gasteiger charge is 2.20. The lowest BCUT2D eigenvalue weighted by Crippen LogP contribution is -2.20. The molecule has 0 aromatic rings. The maximum absolute atomic E-state index is 9.55. The van der Waals surface area contributed by atoms with Gasteiger partial charge in [-0.15, -0.1) is 0 Å². The minimum absolute atomic E-state index is 0.558. The summed E-state index contributed by atoms with van der Waals surface area (Å²) < 4.78 is 0. The Morgan fingerprint density at radius 1 is 1.19 bits per heavy atom. The first-order chi connectivity index (χ1) is 7.59. The summed E-state index contributed by atoms with van der Waals surface area (Å²) in [6, 6.07) is 0. The molecule has 6 heteroatoms. The monoisotopic (exact) mass is 226 g/mol. The van der Waals surface area contributed by atoms with Gasteiger partial charge in [-0.1, -0.05) is 0 Å². The van der Waals surface area contributed by atoms with Crippen molar-refractivity contribution in [1.29, 1.82) is 0 Å². The maximum Gasteiger partial charge on any atom is 0.328 e. The third kappa shape index (κ3) is 4.12. The Balaban J connectivity index is 0.000000160. The van der Waals surface area contributed by atoms with Crippen LogP contribution in [0.5, 0.6) is 0 Å². The Labute approximate surface area is 92.9 Å². The molecule has 0 amide bonds. The van der Waals surface area contributed by atoms with Crippen molar-refractivity contribution in [1.82, 2.24) is 4.90 Å². The summed E-state index contributed by atoms with van der Waals surface area (Å²) in [4.78, 5) is 25.8. The molecular weight excluding hydrogens is 212 g/mol. The van der Waals surface area contributed by atoms with Crippen LogP contribution in [0.15, 0.2) is 17.1 Å². The van der Waals surface area contributed by atoms with Gasteiger partial charge in [0, 0.05) is 31.7 Å². The van der Waals surface area contributed by atoms with Gasteiger partial charge in [-0.2, -0.15) is 0 Å². The predicted molar refractivity (Wildman–Crippen MR) is 57.5 cm³/mol. The first kappa shape index (κ1) is 12.2. The van der Waals surface area contributed by atoms with E-state index in [0.717, 1.165) is 6.54 Å². The zero-order valence-corrected chi connectivity index (χ0v) is 8.80. The zero-order chi connectivity index (χ0) is 12.0. The van der Waals surface area contributed by atoms with Crippen LogP contribution in [0.4, 0.5) is 0 Å². The largest absolute Gasteiger partial charge is 0.478 e. The van der Waals surface area contributed by atoms with E-state index in [4.69, 9.17) is 10.2 Å². The maximum atomic E-state index is 9.55. The lowest BCUT2D eigenvalue weighted by molar-refractivity contribution is -0.134.